The van der Waals surface area contributed by atoms with Crippen molar-refractivity contribution in [3.8, 4) is 0 Å². The minimum atomic E-state index is -0.0960. The van der Waals surface area contributed by atoms with E-state index in [4.69, 9.17) is 0 Å². The molecule has 2 saturated carbocycles. The van der Waals surface area contributed by atoms with Crippen molar-refractivity contribution < 1.29 is 9.59 Å². The molecule has 5 nitrogen and oxygen atoms in total. The summed E-state index contributed by atoms with van der Waals surface area (Å²) >= 11 is 0. The molecule has 2 fully saturated rings. The van der Waals surface area contributed by atoms with Crippen LogP contribution in [0.5, 0.6) is 0 Å². The van der Waals surface area contributed by atoms with Gasteiger partial charge in [-0.15, -0.1) is 0 Å². The zero-order valence-electron chi connectivity index (χ0n) is 17.0. The fraction of sp³-hybridized carbons (Fsp3) is 0.652. The third kappa shape index (κ3) is 5.98. The van der Waals surface area contributed by atoms with E-state index in [1.54, 1.807) is 0 Å². The average Bonchev–Trinajstić information content (AvgIpc) is 3.21. The van der Waals surface area contributed by atoms with Crippen molar-refractivity contribution in [3.63, 3.8) is 0 Å². The highest BCUT2D eigenvalue weighted by Gasteiger charge is 2.35. The van der Waals surface area contributed by atoms with E-state index < -0.39 is 0 Å². The van der Waals surface area contributed by atoms with E-state index in [0.717, 1.165) is 25.7 Å². The van der Waals surface area contributed by atoms with Gasteiger partial charge in [0.1, 0.15) is 0 Å². The lowest BCUT2D eigenvalue weighted by molar-refractivity contribution is -0.121. The fourth-order valence-electron chi connectivity index (χ4n) is 4.70. The van der Waals surface area contributed by atoms with Gasteiger partial charge in [0, 0.05) is 31.0 Å². The number of hydrogen-bond donors (Lipinski definition) is 3. The molecule has 154 valence electrons. The minimum Gasteiger partial charge on any atom is -0.355 e. The maximum absolute atomic E-state index is 12.3. The maximum atomic E-state index is 12.3. The second-order valence-corrected chi connectivity index (χ2v) is 8.47. The Bertz CT molecular complexity index is 620. The Balaban J connectivity index is 1.33. The largest absolute Gasteiger partial charge is 0.355 e. The molecule has 0 radical (unpaired) electrons. The summed E-state index contributed by atoms with van der Waals surface area (Å²) in [6.07, 6.45) is 11.7. The van der Waals surface area contributed by atoms with Gasteiger partial charge in [-0.1, -0.05) is 62.4 Å². The standard InChI is InChI=1S/C23H35N3O2/c27-21(14-9-17-24-22(28)26-20-12-5-2-6-13-20)25-18-23(15-7-8-16-23)19-10-3-1-4-11-19/h1,3-4,10-11,20H,2,5-9,12-18H2,(H,25,27)(H2,24,26,28). The van der Waals surface area contributed by atoms with Gasteiger partial charge in [-0.3, -0.25) is 4.79 Å². The van der Waals surface area contributed by atoms with Gasteiger partial charge in [0.15, 0.2) is 0 Å². The summed E-state index contributed by atoms with van der Waals surface area (Å²) < 4.78 is 0. The number of carbonyl (C=O) groups is 2. The third-order valence-electron chi connectivity index (χ3n) is 6.38. The Labute approximate surface area is 169 Å². The number of amides is 3. The van der Waals surface area contributed by atoms with Gasteiger partial charge in [0.05, 0.1) is 0 Å². The number of carbonyl (C=O) groups excluding carboxylic acids is 2. The summed E-state index contributed by atoms with van der Waals surface area (Å²) in [5.74, 6) is 0.0803. The van der Waals surface area contributed by atoms with Crippen LogP contribution in [-0.2, 0) is 10.2 Å². The molecule has 2 aliphatic carbocycles. The molecule has 0 unspecified atom stereocenters. The van der Waals surface area contributed by atoms with Crippen molar-refractivity contribution in [1.29, 1.82) is 0 Å². The van der Waals surface area contributed by atoms with E-state index in [0.29, 0.717) is 32.0 Å². The summed E-state index contributed by atoms with van der Waals surface area (Å²) in [6, 6.07) is 10.8. The molecule has 28 heavy (non-hydrogen) atoms. The van der Waals surface area contributed by atoms with Gasteiger partial charge in [-0.2, -0.15) is 0 Å². The highest BCUT2D eigenvalue weighted by Crippen LogP contribution is 2.40. The molecule has 5 heteroatoms. The topological polar surface area (TPSA) is 70.2 Å². The molecule has 0 atom stereocenters. The number of benzene rings is 1. The van der Waals surface area contributed by atoms with Crippen LogP contribution in [0.3, 0.4) is 0 Å². The van der Waals surface area contributed by atoms with E-state index in [1.165, 1.54) is 37.7 Å². The van der Waals surface area contributed by atoms with Crippen molar-refractivity contribution >= 4 is 11.9 Å². The molecular weight excluding hydrogens is 350 g/mol. The molecule has 1 aromatic carbocycles. The first kappa shape index (κ1) is 20.7. The Morgan fingerprint density at radius 3 is 2.36 bits per heavy atom. The van der Waals surface area contributed by atoms with Crippen LogP contribution in [0.4, 0.5) is 4.79 Å². The molecule has 2 aliphatic rings. The zero-order chi connectivity index (χ0) is 19.7. The first-order valence-corrected chi connectivity index (χ1v) is 11.0. The highest BCUT2D eigenvalue weighted by atomic mass is 16.2. The van der Waals surface area contributed by atoms with Crippen LogP contribution >= 0.6 is 0 Å². The predicted molar refractivity (Wildman–Crippen MR) is 112 cm³/mol. The van der Waals surface area contributed by atoms with Crippen molar-refractivity contribution in [2.75, 3.05) is 13.1 Å². The van der Waals surface area contributed by atoms with Crippen LogP contribution in [-0.4, -0.2) is 31.1 Å². The number of rotatable bonds is 8. The van der Waals surface area contributed by atoms with Gasteiger partial charge < -0.3 is 16.0 Å². The van der Waals surface area contributed by atoms with Gasteiger partial charge in [0.2, 0.25) is 5.91 Å². The summed E-state index contributed by atoms with van der Waals surface area (Å²) in [4.78, 5) is 24.2. The second kappa shape index (κ2) is 10.5. The molecule has 0 heterocycles. The van der Waals surface area contributed by atoms with E-state index >= 15 is 0 Å². The lowest BCUT2D eigenvalue weighted by Gasteiger charge is -2.30. The Kier molecular flexibility index (Phi) is 7.75. The van der Waals surface area contributed by atoms with Gasteiger partial charge in [0.25, 0.3) is 0 Å². The van der Waals surface area contributed by atoms with Crippen molar-refractivity contribution in [3.05, 3.63) is 35.9 Å². The SMILES string of the molecule is O=C(CCCNC(=O)NC1CCCCC1)NCC1(c2ccccc2)CCCC1. The number of urea groups is 1. The van der Waals surface area contributed by atoms with Crippen LogP contribution in [0.2, 0.25) is 0 Å². The monoisotopic (exact) mass is 385 g/mol. The molecule has 0 bridgehead atoms. The van der Waals surface area contributed by atoms with Gasteiger partial charge in [-0.25, -0.2) is 4.79 Å². The molecule has 1 aromatic rings. The fourth-order valence-corrected chi connectivity index (χ4v) is 4.70. The minimum absolute atomic E-state index is 0.0803. The Morgan fingerprint density at radius 1 is 0.929 bits per heavy atom. The lowest BCUT2D eigenvalue weighted by Crippen LogP contribution is -2.43. The van der Waals surface area contributed by atoms with Crippen LogP contribution in [0.1, 0.15) is 76.2 Å². The van der Waals surface area contributed by atoms with Crippen molar-refractivity contribution in [2.45, 2.75) is 82.1 Å². The third-order valence-corrected chi connectivity index (χ3v) is 6.38. The quantitative estimate of drug-likeness (QED) is 0.591. The number of hydrogen-bond acceptors (Lipinski definition) is 2. The Hall–Kier alpha value is -2.04. The Morgan fingerprint density at radius 2 is 1.64 bits per heavy atom. The van der Waals surface area contributed by atoms with E-state index in [2.05, 4.69) is 40.2 Å². The number of nitrogens with one attached hydrogen (secondary N) is 3. The summed E-state index contributed by atoms with van der Waals surface area (Å²) in [5.41, 5.74) is 1.43. The van der Waals surface area contributed by atoms with E-state index in [-0.39, 0.29) is 17.4 Å². The van der Waals surface area contributed by atoms with Gasteiger partial charge in [-0.05, 0) is 37.7 Å². The molecular formula is C23H35N3O2. The van der Waals surface area contributed by atoms with Crippen LogP contribution in [0, 0.1) is 0 Å². The maximum Gasteiger partial charge on any atom is 0.315 e. The predicted octanol–water partition coefficient (Wildman–Crippen LogP) is 4.03. The summed E-state index contributed by atoms with van der Waals surface area (Å²) in [5, 5.41) is 9.08. The molecule has 0 saturated heterocycles. The van der Waals surface area contributed by atoms with Crippen molar-refractivity contribution in [1.82, 2.24) is 16.0 Å². The highest BCUT2D eigenvalue weighted by molar-refractivity contribution is 5.76. The summed E-state index contributed by atoms with van der Waals surface area (Å²) in [6.45, 7) is 1.25. The van der Waals surface area contributed by atoms with E-state index in [9.17, 15) is 9.59 Å². The van der Waals surface area contributed by atoms with Crippen LogP contribution in [0.15, 0.2) is 30.3 Å². The molecule has 3 amide bonds. The average molecular weight is 386 g/mol. The van der Waals surface area contributed by atoms with Gasteiger partial charge >= 0.3 is 6.03 Å². The van der Waals surface area contributed by atoms with Crippen molar-refractivity contribution in [2.24, 2.45) is 0 Å². The molecule has 3 N–H and O–H groups in total. The smallest absolute Gasteiger partial charge is 0.315 e. The summed E-state index contributed by atoms with van der Waals surface area (Å²) in [7, 11) is 0. The normalized spacial score (nSPS) is 19.1. The molecule has 3 rings (SSSR count). The zero-order valence-corrected chi connectivity index (χ0v) is 17.0. The van der Waals surface area contributed by atoms with Crippen LogP contribution < -0.4 is 16.0 Å². The van der Waals surface area contributed by atoms with Crippen LogP contribution in [0.25, 0.3) is 0 Å². The molecule has 0 aromatic heterocycles. The van der Waals surface area contributed by atoms with E-state index in [1.807, 2.05) is 6.07 Å². The molecule has 0 aliphatic heterocycles. The second-order valence-electron chi connectivity index (χ2n) is 8.47. The first-order chi connectivity index (χ1) is 13.7. The first-order valence-electron chi connectivity index (χ1n) is 11.0. The lowest BCUT2D eigenvalue weighted by atomic mass is 9.79. The molecule has 0 spiro atoms.